The Balaban J connectivity index is 1.53. The van der Waals surface area contributed by atoms with Crippen LogP contribution in [0, 0.1) is 0 Å². The van der Waals surface area contributed by atoms with Crippen molar-refractivity contribution in [3.8, 4) is 16.8 Å². The number of hydrogen-bond donors (Lipinski definition) is 1. The summed E-state index contributed by atoms with van der Waals surface area (Å²) < 4.78 is 3.36. The molecule has 2 unspecified atom stereocenters. The monoisotopic (exact) mass is 456 g/mol. The summed E-state index contributed by atoms with van der Waals surface area (Å²) >= 11 is 0. The molecule has 0 bridgehead atoms. The van der Waals surface area contributed by atoms with Crippen molar-refractivity contribution in [1.82, 2.24) is 29.7 Å². The van der Waals surface area contributed by atoms with Crippen LogP contribution in [0.5, 0.6) is 0 Å². The first-order valence-electron chi connectivity index (χ1n) is 10.9. The van der Waals surface area contributed by atoms with Crippen LogP contribution in [0.2, 0.25) is 0 Å². The van der Waals surface area contributed by atoms with Crippen molar-refractivity contribution in [2.24, 2.45) is 7.05 Å². The van der Waals surface area contributed by atoms with Crippen molar-refractivity contribution >= 4 is 11.9 Å². The highest BCUT2D eigenvalue weighted by Gasteiger charge is 2.46. The quantitative estimate of drug-likeness (QED) is 0.477. The van der Waals surface area contributed by atoms with Crippen LogP contribution in [-0.2, 0) is 7.05 Å². The van der Waals surface area contributed by atoms with E-state index in [9.17, 15) is 14.7 Å². The molecule has 1 fully saturated rings. The van der Waals surface area contributed by atoms with Crippen LogP contribution >= 0.6 is 0 Å². The number of amides is 1. The van der Waals surface area contributed by atoms with E-state index in [0.29, 0.717) is 11.3 Å². The Kier molecular flexibility index (Phi) is 5.24. The van der Waals surface area contributed by atoms with Gasteiger partial charge in [0.25, 0.3) is 5.91 Å². The van der Waals surface area contributed by atoms with Gasteiger partial charge in [0.15, 0.2) is 0 Å². The van der Waals surface area contributed by atoms with E-state index < -0.39 is 5.97 Å². The van der Waals surface area contributed by atoms with Gasteiger partial charge in [0.05, 0.1) is 23.3 Å². The van der Waals surface area contributed by atoms with Crippen molar-refractivity contribution < 1.29 is 14.7 Å². The molecule has 1 N–H and O–H groups in total. The lowest BCUT2D eigenvalue weighted by Crippen LogP contribution is -2.21. The maximum atomic E-state index is 12.4. The Morgan fingerprint density at radius 2 is 1.79 bits per heavy atom. The molecule has 2 aromatic heterocycles. The van der Waals surface area contributed by atoms with Gasteiger partial charge in [0.2, 0.25) is 0 Å². The van der Waals surface area contributed by atoms with Gasteiger partial charge in [-0.2, -0.15) is 5.10 Å². The fourth-order valence-corrected chi connectivity index (χ4v) is 4.35. The molecule has 9 heteroatoms. The van der Waals surface area contributed by atoms with Gasteiger partial charge in [-0.25, -0.2) is 9.48 Å². The van der Waals surface area contributed by atoms with Crippen molar-refractivity contribution in [2.45, 2.75) is 18.3 Å². The molecular formula is C25H24N6O3. The molecule has 9 nitrogen and oxygen atoms in total. The minimum Gasteiger partial charge on any atom is -0.478 e. The number of benzene rings is 2. The van der Waals surface area contributed by atoms with Gasteiger partial charge < -0.3 is 10.0 Å². The van der Waals surface area contributed by atoms with Gasteiger partial charge >= 0.3 is 5.97 Å². The van der Waals surface area contributed by atoms with Gasteiger partial charge in [-0.3, -0.25) is 9.48 Å². The Bertz CT molecular complexity index is 1400. The summed E-state index contributed by atoms with van der Waals surface area (Å²) in [6.07, 6.45) is 4.07. The summed E-state index contributed by atoms with van der Waals surface area (Å²) in [7, 11) is 5.26. The van der Waals surface area contributed by atoms with Gasteiger partial charge in [0, 0.05) is 44.7 Å². The highest BCUT2D eigenvalue weighted by Crippen LogP contribution is 2.55. The topological polar surface area (TPSA) is 106 Å². The summed E-state index contributed by atoms with van der Waals surface area (Å²) in [5.74, 6) is -0.964. The average Bonchev–Trinajstić information content (AvgIpc) is 3.28. The van der Waals surface area contributed by atoms with E-state index in [1.54, 1.807) is 34.4 Å². The Morgan fingerprint density at radius 3 is 2.47 bits per heavy atom. The number of aromatic nitrogens is 5. The molecule has 2 aromatic carbocycles. The highest BCUT2D eigenvalue weighted by molar-refractivity contribution is 5.95. The van der Waals surface area contributed by atoms with E-state index in [0.717, 1.165) is 28.9 Å². The van der Waals surface area contributed by atoms with Crippen LogP contribution in [0.1, 0.15) is 50.4 Å². The predicted molar refractivity (Wildman–Crippen MR) is 125 cm³/mol. The fraction of sp³-hybridized carbons (Fsp3) is 0.240. The summed E-state index contributed by atoms with van der Waals surface area (Å²) in [5, 5.41) is 22.5. The van der Waals surface area contributed by atoms with E-state index in [1.165, 1.54) is 6.20 Å². The Morgan fingerprint density at radius 1 is 1.06 bits per heavy atom. The molecule has 1 saturated carbocycles. The minimum atomic E-state index is -1.00. The van der Waals surface area contributed by atoms with E-state index in [1.807, 2.05) is 55.7 Å². The average molecular weight is 457 g/mol. The van der Waals surface area contributed by atoms with E-state index >= 15 is 0 Å². The minimum absolute atomic E-state index is 0.00463. The van der Waals surface area contributed by atoms with Crippen molar-refractivity contribution in [1.29, 1.82) is 0 Å². The van der Waals surface area contributed by atoms with Gasteiger partial charge in [0.1, 0.15) is 5.56 Å². The number of carbonyl (C=O) groups excluding carboxylic acids is 1. The number of nitrogens with zero attached hydrogens (tertiary/aromatic N) is 6. The summed E-state index contributed by atoms with van der Waals surface area (Å²) in [6, 6.07) is 15.2. The number of carbonyl (C=O) groups is 2. The lowest BCUT2D eigenvalue weighted by molar-refractivity contribution is 0.0695. The molecular weight excluding hydrogens is 432 g/mol. The summed E-state index contributed by atoms with van der Waals surface area (Å²) in [5.41, 5.74) is 4.88. The van der Waals surface area contributed by atoms with Gasteiger partial charge in [-0.1, -0.05) is 29.5 Å². The van der Waals surface area contributed by atoms with Crippen LogP contribution < -0.4 is 0 Å². The molecule has 2 atom stereocenters. The first-order chi connectivity index (χ1) is 16.3. The molecule has 1 aliphatic carbocycles. The molecule has 5 rings (SSSR count). The number of hydrogen-bond acceptors (Lipinski definition) is 5. The zero-order valence-electron chi connectivity index (χ0n) is 19.1. The lowest BCUT2D eigenvalue weighted by atomic mass is 10.0. The zero-order valence-corrected chi connectivity index (χ0v) is 19.1. The molecule has 4 aromatic rings. The third kappa shape index (κ3) is 3.85. The number of aryl methyl sites for hydroxylation is 1. The molecule has 0 spiro atoms. The molecule has 1 amide bonds. The summed E-state index contributed by atoms with van der Waals surface area (Å²) in [4.78, 5) is 25.9. The lowest BCUT2D eigenvalue weighted by Gasteiger charge is -2.13. The van der Waals surface area contributed by atoms with Crippen LogP contribution in [-0.4, -0.2) is 60.8 Å². The first kappa shape index (κ1) is 21.6. The van der Waals surface area contributed by atoms with Crippen LogP contribution in [0.25, 0.3) is 16.8 Å². The number of aromatic carboxylic acids is 1. The molecule has 34 heavy (non-hydrogen) atoms. The fourth-order valence-electron chi connectivity index (χ4n) is 4.35. The first-order valence-corrected chi connectivity index (χ1v) is 10.9. The van der Waals surface area contributed by atoms with Crippen molar-refractivity contribution in [3.63, 3.8) is 0 Å². The second kappa shape index (κ2) is 8.26. The van der Waals surface area contributed by atoms with Crippen molar-refractivity contribution in [3.05, 3.63) is 83.4 Å². The third-order valence-electron chi connectivity index (χ3n) is 6.12. The largest absolute Gasteiger partial charge is 0.478 e. The molecule has 0 aliphatic heterocycles. The SMILES string of the molecule is CN(C)C(=O)c1cccc(-c2cccc(-n3ncc(C(=O)O)c3C3CC3c3cn(C)nn3)c2)c1. The molecule has 1 aliphatic rings. The number of carboxylic acids is 1. The summed E-state index contributed by atoms with van der Waals surface area (Å²) in [6.45, 7) is 0. The van der Waals surface area contributed by atoms with E-state index in [4.69, 9.17) is 0 Å². The molecule has 0 saturated heterocycles. The maximum absolute atomic E-state index is 12.4. The van der Waals surface area contributed by atoms with E-state index in [2.05, 4.69) is 15.4 Å². The van der Waals surface area contributed by atoms with Crippen LogP contribution in [0.4, 0.5) is 0 Å². The Hall–Kier alpha value is -4.27. The molecule has 0 radical (unpaired) electrons. The van der Waals surface area contributed by atoms with E-state index in [-0.39, 0.29) is 23.3 Å². The smallest absolute Gasteiger partial charge is 0.339 e. The Labute approximate surface area is 196 Å². The maximum Gasteiger partial charge on any atom is 0.339 e. The molecule has 2 heterocycles. The standard InChI is InChI=1S/C25H24N6O3/c1-29(2)24(32)17-8-4-6-15(10-17)16-7-5-9-18(11-16)31-23(21(13-26-31)25(33)34)20-12-19(20)22-14-30(3)28-27-22/h4-11,13-14,19-20H,12H2,1-3H3,(H,33,34). The highest BCUT2D eigenvalue weighted by atomic mass is 16.4. The third-order valence-corrected chi connectivity index (χ3v) is 6.12. The van der Waals surface area contributed by atoms with Crippen LogP contribution in [0.15, 0.2) is 60.9 Å². The zero-order chi connectivity index (χ0) is 24.0. The second-order valence-electron chi connectivity index (χ2n) is 8.76. The second-order valence-corrected chi connectivity index (χ2v) is 8.76. The predicted octanol–water partition coefficient (Wildman–Crippen LogP) is 3.34. The van der Waals surface area contributed by atoms with Gasteiger partial charge in [-0.15, -0.1) is 5.10 Å². The number of carboxylic acid groups (broad SMARTS) is 1. The molecule has 172 valence electrons. The van der Waals surface area contributed by atoms with Gasteiger partial charge in [-0.05, 0) is 41.8 Å². The normalized spacial score (nSPS) is 16.9. The van der Waals surface area contributed by atoms with Crippen LogP contribution in [0.3, 0.4) is 0 Å². The number of rotatable bonds is 6. The van der Waals surface area contributed by atoms with Crippen molar-refractivity contribution in [2.75, 3.05) is 14.1 Å².